The van der Waals surface area contributed by atoms with Gasteiger partial charge in [0, 0.05) is 17.3 Å². The summed E-state index contributed by atoms with van der Waals surface area (Å²) in [5.41, 5.74) is 1.25. The van der Waals surface area contributed by atoms with Gasteiger partial charge < -0.3 is 10.4 Å². The Morgan fingerprint density at radius 1 is 1.64 bits per heavy atom. The van der Waals surface area contributed by atoms with Crippen LogP contribution in [0.3, 0.4) is 0 Å². The zero-order valence-corrected chi connectivity index (χ0v) is 8.54. The summed E-state index contributed by atoms with van der Waals surface area (Å²) >= 11 is 5.83. The van der Waals surface area contributed by atoms with Gasteiger partial charge >= 0.3 is 0 Å². The number of hydrogen-bond donors (Lipinski definition) is 2. The first kappa shape index (κ1) is 10.8. The van der Waals surface area contributed by atoms with Gasteiger partial charge in [0.15, 0.2) is 0 Å². The number of halogens is 1. The van der Waals surface area contributed by atoms with Crippen LogP contribution in [-0.4, -0.2) is 17.8 Å². The van der Waals surface area contributed by atoms with Crippen LogP contribution in [0.2, 0.25) is 5.02 Å². The van der Waals surface area contributed by atoms with Gasteiger partial charge in [-0.3, -0.25) is 0 Å². The van der Waals surface area contributed by atoms with Gasteiger partial charge in [0.05, 0.1) is 12.7 Å². The molecular weight excluding hydrogens is 200 g/mol. The van der Waals surface area contributed by atoms with Gasteiger partial charge in [-0.1, -0.05) is 17.7 Å². The van der Waals surface area contributed by atoms with E-state index in [1.165, 1.54) is 0 Å². The molecule has 0 heterocycles. The van der Waals surface area contributed by atoms with E-state index in [9.17, 15) is 0 Å². The van der Waals surface area contributed by atoms with Crippen LogP contribution in [0.15, 0.2) is 18.2 Å². The molecule has 0 aliphatic carbocycles. The summed E-state index contributed by atoms with van der Waals surface area (Å²) in [6, 6.07) is 5.10. The predicted octanol–water partition coefficient (Wildman–Crippen LogP) is 2.68. The maximum absolute atomic E-state index is 9.04. The fourth-order valence-electron chi connectivity index (χ4n) is 0.973. The van der Waals surface area contributed by atoms with Crippen molar-refractivity contribution in [1.82, 2.24) is 0 Å². The monoisotopic (exact) mass is 210 g/mol. The maximum Gasteiger partial charge on any atom is 0.205 e. The number of aliphatic hydroxyl groups excluding tert-OH is 1. The Bertz CT molecular complexity index is 358. The van der Waals surface area contributed by atoms with E-state index >= 15 is 0 Å². The molecular formula is C10H11ClN2O. The van der Waals surface area contributed by atoms with Crippen LogP contribution >= 0.6 is 11.6 Å². The first-order valence-corrected chi connectivity index (χ1v) is 4.60. The van der Waals surface area contributed by atoms with Crippen LogP contribution < -0.4 is 5.32 Å². The van der Waals surface area contributed by atoms with Crippen molar-refractivity contribution < 1.29 is 5.11 Å². The Hall–Kier alpha value is -1.24. The molecule has 1 aromatic carbocycles. The van der Waals surface area contributed by atoms with Crippen LogP contribution in [0.4, 0.5) is 11.4 Å². The van der Waals surface area contributed by atoms with E-state index in [2.05, 4.69) is 10.2 Å². The summed E-state index contributed by atoms with van der Waals surface area (Å²) in [6.07, 6.45) is -0.408. The van der Waals surface area contributed by atoms with E-state index in [1.54, 1.807) is 25.1 Å². The van der Waals surface area contributed by atoms with Crippen molar-refractivity contribution in [3.63, 3.8) is 0 Å². The Kier molecular flexibility index (Phi) is 3.75. The average molecular weight is 211 g/mol. The van der Waals surface area contributed by atoms with Crippen molar-refractivity contribution in [3.05, 3.63) is 34.6 Å². The lowest BCUT2D eigenvalue weighted by Gasteiger charge is -2.08. The van der Waals surface area contributed by atoms with Crippen LogP contribution in [0.1, 0.15) is 6.92 Å². The number of aliphatic hydroxyl groups is 1. The summed E-state index contributed by atoms with van der Waals surface area (Å²) in [5.74, 6) is 0. The Morgan fingerprint density at radius 2 is 2.36 bits per heavy atom. The quantitative estimate of drug-likeness (QED) is 0.753. The van der Waals surface area contributed by atoms with Crippen LogP contribution in [0, 0.1) is 6.57 Å². The first-order valence-electron chi connectivity index (χ1n) is 4.22. The molecule has 74 valence electrons. The Balaban J connectivity index is 2.73. The molecule has 0 amide bonds. The summed E-state index contributed by atoms with van der Waals surface area (Å²) in [4.78, 5) is 3.25. The zero-order chi connectivity index (χ0) is 10.6. The maximum atomic E-state index is 9.04. The second-order valence-electron chi connectivity index (χ2n) is 3.01. The van der Waals surface area contributed by atoms with Crippen LogP contribution in [0.5, 0.6) is 0 Å². The highest BCUT2D eigenvalue weighted by Gasteiger charge is 2.01. The lowest BCUT2D eigenvalue weighted by Crippen LogP contribution is -2.15. The van der Waals surface area contributed by atoms with Gasteiger partial charge in [0.25, 0.3) is 0 Å². The first-order chi connectivity index (χ1) is 6.63. The number of hydrogen-bond acceptors (Lipinski definition) is 2. The van der Waals surface area contributed by atoms with Crippen molar-refractivity contribution in [2.24, 2.45) is 0 Å². The number of anilines is 1. The van der Waals surface area contributed by atoms with Gasteiger partial charge in [0.2, 0.25) is 5.69 Å². The zero-order valence-electron chi connectivity index (χ0n) is 7.79. The molecule has 0 radical (unpaired) electrons. The molecule has 1 aromatic rings. The second-order valence-corrected chi connectivity index (χ2v) is 3.42. The largest absolute Gasteiger partial charge is 0.392 e. The molecule has 1 atom stereocenters. The molecule has 0 aromatic heterocycles. The SMILES string of the molecule is [C-]#[N+]c1ccc(NC[C@H](C)O)cc1Cl. The van der Waals surface area contributed by atoms with Gasteiger partial charge in [-0.2, -0.15) is 0 Å². The molecule has 14 heavy (non-hydrogen) atoms. The van der Waals surface area contributed by atoms with Crippen LogP contribution in [-0.2, 0) is 0 Å². The summed E-state index contributed by atoms with van der Waals surface area (Å²) in [5, 5.41) is 12.5. The fraction of sp³-hybridized carbons (Fsp3) is 0.300. The van der Waals surface area contributed by atoms with Crippen molar-refractivity contribution >= 4 is 23.0 Å². The normalized spacial score (nSPS) is 11.9. The number of nitrogens with zero attached hydrogens (tertiary/aromatic N) is 1. The molecule has 0 aliphatic rings. The van der Waals surface area contributed by atoms with Crippen LogP contribution in [0.25, 0.3) is 4.85 Å². The van der Waals surface area contributed by atoms with E-state index in [-0.39, 0.29) is 0 Å². The average Bonchev–Trinajstić information content (AvgIpc) is 2.15. The minimum Gasteiger partial charge on any atom is -0.392 e. The summed E-state index contributed by atoms with van der Waals surface area (Å²) in [7, 11) is 0. The fourth-order valence-corrected chi connectivity index (χ4v) is 1.20. The number of nitrogens with one attached hydrogen (secondary N) is 1. The highest BCUT2D eigenvalue weighted by molar-refractivity contribution is 6.33. The standard InChI is InChI=1S/C10H11ClN2O/c1-7(14)6-13-8-3-4-10(12-2)9(11)5-8/h3-5,7,13-14H,6H2,1H3/t7-/m0/s1. The van der Waals surface area contributed by atoms with Crippen molar-refractivity contribution in [1.29, 1.82) is 0 Å². The number of rotatable bonds is 3. The summed E-state index contributed by atoms with van der Waals surface area (Å²) in [6.45, 7) is 8.97. The predicted molar refractivity (Wildman–Crippen MR) is 57.9 cm³/mol. The highest BCUT2D eigenvalue weighted by Crippen LogP contribution is 2.27. The molecule has 0 aliphatic heterocycles. The van der Waals surface area contributed by atoms with Gasteiger partial charge in [-0.25, -0.2) is 4.85 Å². The Labute approximate surface area is 88.1 Å². The molecule has 0 bridgehead atoms. The van der Waals surface area contributed by atoms with E-state index < -0.39 is 6.10 Å². The van der Waals surface area contributed by atoms with E-state index in [1.807, 2.05) is 0 Å². The minimum atomic E-state index is -0.408. The highest BCUT2D eigenvalue weighted by atomic mass is 35.5. The van der Waals surface area contributed by atoms with E-state index in [0.717, 1.165) is 5.69 Å². The lowest BCUT2D eigenvalue weighted by atomic mass is 10.2. The molecule has 0 unspecified atom stereocenters. The molecule has 2 N–H and O–H groups in total. The molecule has 0 saturated carbocycles. The van der Waals surface area contributed by atoms with Gasteiger partial charge in [-0.05, 0) is 19.1 Å². The second kappa shape index (κ2) is 4.85. The third-order valence-electron chi connectivity index (χ3n) is 1.67. The third-order valence-corrected chi connectivity index (χ3v) is 1.97. The van der Waals surface area contributed by atoms with Crippen molar-refractivity contribution in [2.45, 2.75) is 13.0 Å². The molecule has 0 spiro atoms. The Morgan fingerprint density at radius 3 is 2.86 bits per heavy atom. The van der Waals surface area contributed by atoms with E-state index in [0.29, 0.717) is 17.3 Å². The molecule has 4 heteroatoms. The van der Waals surface area contributed by atoms with Crippen molar-refractivity contribution in [3.8, 4) is 0 Å². The topological polar surface area (TPSA) is 36.6 Å². The smallest absolute Gasteiger partial charge is 0.205 e. The lowest BCUT2D eigenvalue weighted by molar-refractivity contribution is 0.208. The minimum absolute atomic E-state index is 0.408. The molecule has 1 rings (SSSR count). The number of benzene rings is 1. The molecule has 0 fully saturated rings. The van der Waals surface area contributed by atoms with Gasteiger partial charge in [0.1, 0.15) is 0 Å². The molecule has 0 saturated heterocycles. The van der Waals surface area contributed by atoms with Crippen molar-refractivity contribution in [2.75, 3.05) is 11.9 Å². The van der Waals surface area contributed by atoms with E-state index in [4.69, 9.17) is 23.3 Å². The molecule has 3 nitrogen and oxygen atoms in total. The summed E-state index contributed by atoms with van der Waals surface area (Å²) < 4.78 is 0. The third kappa shape index (κ3) is 2.91. The van der Waals surface area contributed by atoms with Gasteiger partial charge in [-0.15, -0.1) is 0 Å².